The molecule has 1 saturated heterocycles. The Morgan fingerprint density at radius 1 is 1.24 bits per heavy atom. The van der Waals surface area contributed by atoms with Crippen LogP contribution >= 0.6 is 11.6 Å². The first-order valence-electron chi connectivity index (χ1n) is 9.60. The zero-order valence-electron chi connectivity index (χ0n) is 16.8. The Balaban J connectivity index is 1.86. The molecule has 29 heavy (non-hydrogen) atoms. The maximum absolute atomic E-state index is 12.8. The van der Waals surface area contributed by atoms with Crippen LogP contribution in [0.1, 0.15) is 43.1 Å². The first kappa shape index (κ1) is 21.3. The smallest absolute Gasteiger partial charge is 0.348 e. The number of pyridine rings is 1. The van der Waals surface area contributed by atoms with Crippen molar-refractivity contribution in [2.45, 2.75) is 38.9 Å². The van der Waals surface area contributed by atoms with Crippen molar-refractivity contribution in [3.8, 4) is 5.75 Å². The summed E-state index contributed by atoms with van der Waals surface area (Å²) in [6.45, 7) is 6.91. The lowest BCUT2D eigenvalue weighted by atomic mass is 10.0. The monoisotopic (exact) mass is 416 g/mol. The minimum Gasteiger partial charge on any atom is -0.477 e. The van der Waals surface area contributed by atoms with Gasteiger partial charge in [-0.05, 0) is 39.8 Å². The highest BCUT2D eigenvalue weighted by Crippen LogP contribution is 2.26. The van der Waals surface area contributed by atoms with Crippen molar-refractivity contribution in [1.29, 1.82) is 0 Å². The second kappa shape index (κ2) is 8.93. The zero-order valence-corrected chi connectivity index (χ0v) is 17.5. The lowest BCUT2D eigenvalue weighted by Crippen LogP contribution is -2.41. The molecule has 7 heteroatoms. The molecule has 6 nitrogen and oxygen atoms in total. The van der Waals surface area contributed by atoms with Gasteiger partial charge in [-0.3, -0.25) is 4.79 Å². The Hall–Kier alpha value is -2.44. The van der Waals surface area contributed by atoms with Crippen LogP contribution in [0.5, 0.6) is 5.75 Å². The van der Waals surface area contributed by atoms with Crippen molar-refractivity contribution in [2.75, 3.05) is 13.1 Å². The van der Waals surface area contributed by atoms with E-state index < -0.39 is 17.7 Å². The van der Waals surface area contributed by atoms with Crippen LogP contribution in [0.25, 0.3) is 0 Å². The topological polar surface area (TPSA) is 77.5 Å². The summed E-state index contributed by atoms with van der Waals surface area (Å²) in [5.74, 6) is -0.424. The number of hydrogen-bond donors (Lipinski definition) is 1. The molecule has 1 fully saturated rings. The number of carbonyl (C=O) groups excluding carboxylic acids is 2. The molecule has 1 aliphatic heterocycles. The van der Waals surface area contributed by atoms with E-state index in [-0.39, 0.29) is 22.4 Å². The molecule has 1 aromatic heterocycles. The molecule has 0 spiro atoms. The molecule has 0 amide bonds. The van der Waals surface area contributed by atoms with Crippen molar-refractivity contribution in [3.05, 3.63) is 58.9 Å². The van der Waals surface area contributed by atoms with E-state index in [1.165, 1.54) is 12.3 Å². The van der Waals surface area contributed by atoms with Crippen LogP contribution in [-0.2, 0) is 9.53 Å². The van der Waals surface area contributed by atoms with Gasteiger partial charge < -0.3 is 14.8 Å². The number of rotatable bonds is 6. The maximum Gasteiger partial charge on any atom is 0.348 e. The van der Waals surface area contributed by atoms with Crippen molar-refractivity contribution >= 4 is 23.4 Å². The second-order valence-corrected chi connectivity index (χ2v) is 8.39. The van der Waals surface area contributed by atoms with E-state index in [4.69, 9.17) is 21.1 Å². The van der Waals surface area contributed by atoms with Crippen LogP contribution in [-0.4, -0.2) is 41.5 Å². The number of carbonyl (C=O) groups is 2. The fraction of sp³-hybridized carbons (Fsp3) is 0.409. The number of aromatic nitrogens is 1. The molecule has 2 aromatic rings. The van der Waals surface area contributed by atoms with Gasteiger partial charge >= 0.3 is 5.97 Å². The van der Waals surface area contributed by atoms with Crippen molar-refractivity contribution in [1.82, 2.24) is 10.3 Å². The first-order valence-corrected chi connectivity index (χ1v) is 9.98. The van der Waals surface area contributed by atoms with E-state index in [1.54, 1.807) is 24.3 Å². The summed E-state index contributed by atoms with van der Waals surface area (Å²) >= 11 is 6.17. The summed E-state index contributed by atoms with van der Waals surface area (Å²) in [4.78, 5) is 29.7. The molecule has 1 aromatic carbocycles. The molecule has 2 heterocycles. The Kier molecular flexibility index (Phi) is 6.55. The number of ether oxygens (including phenoxy) is 2. The molecule has 0 radical (unpaired) electrons. The van der Waals surface area contributed by atoms with Gasteiger partial charge in [0.1, 0.15) is 16.5 Å². The summed E-state index contributed by atoms with van der Waals surface area (Å²) in [6.07, 6.45) is 1.41. The van der Waals surface area contributed by atoms with E-state index in [2.05, 4.69) is 10.3 Å². The normalized spacial score (nSPS) is 17.6. The van der Waals surface area contributed by atoms with Gasteiger partial charge in [0, 0.05) is 18.0 Å². The van der Waals surface area contributed by atoms with Gasteiger partial charge in [-0.15, -0.1) is 0 Å². The third-order valence-electron chi connectivity index (χ3n) is 4.52. The van der Waals surface area contributed by atoms with Gasteiger partial charge in [0.15, 0.2) is 11.9 Å². The van der Waals surface area contributed by atoms with E-state index in [0.717, 1.165) is 13.0 Å². The van der Waals surface area contributed by atoms with Crippen LogP contribution in [0.2, 0.25) is 5.15 Å². The van der Waals surface area contributed by atoms with E-state index >= 15 is 0 Å². The van der Waals surface area contributed by atoms with Crippen molar-refractivity contribution in [3.63, 3.8) is 0 Å². The van der Waals surface area contributed by atoms with E-state index in [0.29, 0.717) is 17.9 Å². The SMILES string of the molecule is CC(C)(C)OC(=O)C(Oc1cnc(Cl)c(C(=O)c2ccccc2)c1)[C@@H]1CCNC1. The van der Waals surface area contributed by atoms with Gasteiger partial charge in [-0.2, -0.15) is 0 Å². The molecule has 0 saturated carbocycles. The average Bonchev–Trinajstić information content (AvgIpc) is 3.20. The maximum atomic E-state index is 12.8. The third-order valence-corrected chi connectivity index (χ3v) is 4.82. The number of esters is 1. The van der Waals surface area contributed by atoms with Crippen LogP contribution < -0.4 is 10.1 Å². The highest BCUT2D eigenvalue weighted by atomic mass is 35.5. The highest BCUT2D eigenvalue weighted by molar-refractivity contribution is 6.33. The number of benzene rings is 1. The molecule has 1 N–H and O–H groups in total. The molecule has 154 valence electrons. The quantitative estimate of drug-likeness (QED) is 0.440. The zero-order chi connectivity index (χ0) is 21.0. The Labute approximate surface area is 175 Å². The van der Waals surface area contributed by atoms with Crippen LogP contribution in [0.3, 0.4) is 0 Å². The summed E-state index contributed by atoms with van der Waals surface area (Å²) in [7, 11) is 0. The minimum atomic E-state index is -0.799. The van der Waals surface area contributed by atoms with E-state index in [9.17, 15) is 9.59 Å². The third kappa shape index (κ3) is 5.55. The molecule has 2 atom stereocenters. The highest BCUT2D eigenvalue weighted by Gasteiger charge is 2.36. The number of nitrogens with one attached hydrogen (secondary N) is 1. The molecular weight excluding hydrogens is 392 g/mol. The summed E-state index contributed by atoms with van der Waals surface area (Å²) in [5.41, 5.74) is 0.0945. The minimum absolute atomic E-state index is 0.0335. The van der Waals surface area contributed by atoms with Gasteiger partial charge in [0.2, 0.25) is 0 Å². The number of ketones is 1. The fourth-order valence-electron chi connectivity index (χ4n) is 3.18. The van der Waals surface area contributed by atoms with Crippen molar-refractivity contribution in [2.24, 2.45) is 5.92 Å². The van der Waals surface area contributed by atoms with Gasteiger partial charge in [0.25, 0.3) is 0 Å². The van der Waals surface area contributed by atoms with Crippen LogP contribution in [0.15, 0.2) is 42.6 Å². The average molecular weight is 417 g/mol. The predicted molar refractivity (Wildman–Crippen MR) is 110 cm³/mol. The Bertz CT molecular complexity index is 874. The molecule has 3 rings (SSSR count). The molecule has 1 aliphatic rings. The second-order valence-electron chi connectivity index (χ2n) is 8.03. The fourth-order valence-corrected chi connectivity index (χ4v) is 3.37. The van der Waals surface area contributed by atoms with Gasteiger partial charge in [-0.25, -0.2) is 9.78 Å². The van der Waals surface area contributed by atoms with Crippen LogP contribution in [0, 0.1) is 5.92 Å². The number of hydrogen-bond acceptors (Lipinski definition) is 6. The van der Waals surface area contributed by atoms with Crippen LogP contribution in [0.4, 0.5) is 0 Å². The lowest BCUT2D eigenvalue weighted by molar-refractivity contribution is -0.165. The van der Waals surface area contributed by atoms with Gasteiger partial charge in [0.05, 0.1) is 11.8 Å². The molecular formula is C22H25ClN2O4. The standard InChI is InChI=1S/C22H25ClN2O4/c1-22(2,3)29-21(27)19(15-9-10-24-12-15)28-16-11-17(20(23)25-13-16)18(26)14-7-5-4-6-8-14/h4-8,11,13,15,19,24H,9-10,12H2,1-3H3/t15-,19?/m1/s1. The summed E-state index contributed by atoms with van der Waals surface area (Å²) in [6, 6.07) is 10.3. The first-order chi connectivity index (χ1) is 13.7. The Morgan fingerprint density at radius 3 is 2.59 bits per heavy atom. The number of halogens is 1. The van der Waals surface area contributed by atoms with Gasteiger partial charge in [-0.1, -0.05) is 41.9 Å². The lowest BCUT2D eigenvalue weighted by Gasteiger charge is -2.27. The molecule has 0 aliphatic carbocycles. The number of nitrogens with zero attached hydrogens (tertiary/aromatic N) is 1. The van der Waals surface area contributed by atoms with Crippen molar-refractivity contribution < 1.29 is 19.1 Å². The largest absolute Gasteiger partial charge is 0.477 e. The predicted octanol–water partition coefficient (Wildman–Crippen LogP) is 3.66. The summed E-state index contributed by atoms with van der Waals surface area (Å²) < 4.78 is 11.5. The van der Waals surface area contributed by atoms with E-state index in [1.807, 2.05) is 26.8 Å². The molecule has 0 bridgehead atoms. The Morgan fingerprint density at radius 2 is 1.97 bits per heavy atom. The summed E-state index contributed by atoms with van der Waals surface area (Å²) in [5, 5.41) is 3.32. The molecule has 1 unspecified atom stereocenters.